The molecule has 4 N–H and O–H groups in total. The standard InChI is InChI=1S/2C19H22NO6P.C19H22NO5P.C17H20NO4P.C3H6O.C2H6/c2*1-20-8-7-18-14-10-3-4-11(26-27)15(14)25-16(18)12(24-17(21)23-2)5-6-19(18,22)13(20)9-10;1-10(21)23-13-5-6-19(22)14-9-11-3-4-12(25-26)16-15(11)18(19,17(13)24-16)7-8-20(14)2;1-18-7-6-16-13-9-2-3-11(22-23)14(13)21-15(16)10(19)4-5-17(16,20)12(18)8-9;1-3(2)4;1-2/h2*3-5,13,16,22H,6-9,27H2,1-2H3;3-5,14,17,22H,6-9,26H2,1-2H3;2-4,12,15,19-20H,5-8,23H2,1H3;1-2H3;1-2H3/p-1/t2*13-,16+,18+,19-;14-,17+,18+,19-;12-,15+,16+,17-;;/m0000../s1. The lowest BCUT2D eigenvalue weighted by atomic mass is 9.50. The van der Waals surface area contributed by atoms with Crippen molar-refractivity contribution in [3.8, 4) is 46.0 Å². The van der Waals surface area contributed by atoms with Crippen molar-refractivity contribution in [2.75, 3.05) is 68.6 Å². The molecular weight excluding hydrogens is 1480 g/mol. The Kier molecular flexibility index (Phi) is 19.9. The van der Waals surface area contributed by atoms with Crippen LogP contribution in [0.5, 0.6) is 46.0 Å². The molecule has 8 aliphatic heterocycles. The fourth-order valence-electron chi connectivity index (χ4n) is 22.4. The Balaban J connectivity index is 0.000000113. The highest BCUT2D eigenvalue weighted by atomic mass is 31.0. The predicted octanol–water partition coefficient (Wildman–Crippen LogP) is 7.64. The van der Waals surface area contributed by atoms with Gasteiger partial charge < -0.3 is 111 Å². The van der Waals surface area contributed by atoms with E-state index in [-0.39, 0.29) is 41.7 Å². The van der Waals surface area contributed by atoms with Gasteiger partial charge in [-0.3, -0.25) is 4.79 Å². The Labute approximate surface area is 643 Å². The molecule has 4 aromatic carbocycles. The van der Waals surface area contributed by atoms with E-state index in [2.05, 4.69) is 119 Å². The van der Waals surface area contributed by atoms with Crippen molar-refractivity contribution in [2.45, 2.75) is 204 Å². The molecule has 8 aliphatic carbocycles. The number of methoxy groups -OCH3 is 2. The van der Waals surface area contributed by atoms with Crippen LogP contribution in [0.1, 0.15) is 130 Å². The maximum absolute atomic E-state index is 12.6. The van der Waals surface area contributed by atoms with E-state index >= 15 is 0 Å². The van der Waals surface area contributed by atoms with E-state index in [9.17, 15) is 44.7 Å². The first-order chi connectivity index (χ1) is 52.1. The van der Waals surface area contributed by atoms with Crippen LogP contribution in [-0.4, -0.2) is 204 Å². The highest BCUT2D eigenvalue weighted by molar-refractivity contribution is 7.11. The van der Waals surface area contributed by atoms with Crippen LogP contribution in [0, 0.1) is 0 Å². The number of carbonyl (C=O) groups is 4. The van der Waals surface area contributed by atoms with Crippen LogP contribution in [0.15, 0.2) is 95.9 Å². The fourth-order valence-corrected chi connectivity index (χ4v) is 23.2. The van der Waals surface area contributed by atoms with Gasteiger partial charge in [0, 0.05) is 72.6 Å². The van der Waals surface area contributed by atoms with E-state index in [0.717, 1.165) is 98.1 Å². The summed E-state index contributed by atoms with van der Waals surface area (Å²) in [4.78, 5) is 53.6. The summed E-state index contributed by atoms with van der Waals surface area (Å²) in [6, 6.07) is 15.7. The highest BCUT2D eigenvalue weighted by Gasteiger charge is 2.76. The molecule has 4 unspecified atom stereocenters. The first kappa shape index (κ1) is 77.4. The van der Waals surface area contributed by atoms with E-state index in [0.29, 0.717) is 102 Å². The number of hydrogen-bond donors (Lipinski definition) is 4. The number of hydrogen-bond acceptors (Lipinski definition) is 26. The lowest BCUT2D eigenvalue weighted by molar-refractivity contribution is -0.331. The molecule has 109 heavy (non-hydrogen) atoms. The zero-order valence-corrected chi connectivity index (χ0v) is 67.7. The van der Waals surface area contributed by atoms with Crippen LogP contribution in [-0.2, 0) is 80.6 Å². The molecule has 20 atom stereocenters. The number of ether oxygens (including phenoxy) is 9. The molecular formula is C79H97N4O22P4-. The second kappa shape index (κ2) is 28.0. The maximum atomic E-state index is 12.6. The minimum atomic E-state index is -1.01. The van der Waals surface area contributed by atoms with Crippen LogP contribution in [0.3, 0.4) is 0 Å². The van der Waals surface area contributed by atoms with E-state index in [1.165, 1.54) is 46.1 Å². The second-order valence-corrected chi connectivity index (χ2v) is 32.4. The summed E-state index contributed by atoms with van der Waals surface area (Å²) in [6.45, 7) is 11.8. The number of Topliss-reactive ketones (excluding diaryl/α,β-unsaturated/α-hetero) is 1. The van der Waals surface area contributed by atoms with Crippen molar-refractivity contribution >= 4 is 61.9 Å². The molecule has 26 nitrogen and oxygen atoms in total. The lowest BCUT2D eigenvalue weighted by Crippen LogP contribution is -2.74. The second-order valence-electron chi connectivity index (χ2n) is 31.4. The fraction of sp³-hybridized carbons (Fsp3) is 0.544. The summed E-state index contributed by atoms with van der Waals surface area (Å²) >= 11 is 0. The number of likely N-dealkylation sites (N-methyl/N-ethyl adjacent to an activating group) is 4. The summed E-state index contributed by atoms with van der Waals surface area (Å²) in [5.41, 5.74) is 2.14. The number of carbonyl (C=O) groups excluding carboxylic acids is 4. The average molecular weight is 1580 g/mol. The summed E-state index contributed by atoms with van der Waals surface area (Å²) in [7, 11) is 19.8. The highest BCUT2D eigenvalue weighted by Crippen LogP contribution is 2.70. The monoisotopic (exact) mass is 1580 g/mol. The van der Waals surface area contributed by atoms with Crippen LogP contribution in [0.25, 0.3) is 0 Å². The van der Waals surface area contributed by atoms with Gasteiger partial charge >= 0.3 is 18.3 Å². The number of rotatable bonds is 7. The van der Waals surface area contributed by atoms with Crippen molar-refractivity contribution in [1.29, 1.82) is 0 Å². The summed E-state index contributed by atoms with van der Waals surface area (Å²) in [6.07, 6.45) is 10.6. The first-order valence-corrected chi connectivity index (χ1v) is 39.1. The zero-order chi connectivity index (χ0) is 77.8. The lowest BCUT2D eigenvalue weighted by Gasteiger charge is -2.62. The molecule has 4 aromatic rings. The zero-order valence-electron chi connectivity index (χ0n) is 63.1. The molecule has 4 fully saturated rings. The SMILES string of the molecule is CC.CC(=O)OC1=CC[C@]2(O)[C@@H]3Cc4ccc(OP)c5c4[C@]2(CCN3C)[C@@H]1O5.CC(C)=O.CN1CC[C@@]23c4c5ccc(OP)c4O[C@@H]2C([O-])=CC[C@]3(O)[C@@H]1C5.COC(=O)OC1=CC[C@]2(O)[C@@H]3Cc4ccc(OP)c5c4[C@]2(CCN3C)[C@@H]1O5.COC(=O)OC1=CC[C@]2(O)[C@@H]3Cc4ccc(OP)c5c4[C@]2(CCN3C)[C@@H]1O5. The molecule has 586 valence electrons. The van der Waals surface area contributed by atoms with Gasteiger partial charge in [0.1, 0.15) is 29.2 Å². The quantitative estimate of drug-likeness (QED) is 0.0784. The molecule has 0 amide bonds. The van der Waals surface area contributed by atoms with Crippen molar-refractivity contribution in [3.63, 3.8) is 0 Å². The molecule has 16 aliphatic rings. The molecule has 8 bridgehead atoms. The van der Waals surface area contributed by atoms with Gasteiger partial charge in [-0.05, 0) is 191 Å². The minimum absolute atomic E-state index is 0.00121. The summed E-state index contributed by atoms with van der Waals surface area (Å²) in [5, 5.41) is 60.2. The summed E-state index contributed by atoms with van der Waals surface area (Å²) < 4.78 is 72.6. The molecule has 0 radical (unpaired) electrons. The molecule has 20 rings (SSSR count). The summed E-state index contributed by atoms with van der Waals surface area (Å²) in [5.74, 6) is 6.09. The van der Waals surface area contributed by atoms with Crippen LogP contribution in [0.2, 0.25) is 0 Å². The van der Waals surface area contributed by atoms with Crippen LogP contribution >= 0.6 is 37.9 Å². The van der Waals surface area contributed by atoms with Gasteiger partial charge in [0.2, 0.25) is 0 Å². The molecule has 4 saturated heterocycles. The third-order valence-corrected chi connectivity index (χ3v) is 27.9. The number of nitrogens with zero attached hydrogens (tertiary/aromatic N) is 4. The first-order valence-electron chi connectivity index (χ1n) is 37.2. The van der Waals surface area contributed by atoms with E-state index in [1.807, 2.05) is 44.2 Å². The largest absolute Gasteiger partial charge is 0.873 e. The van der Waals surface area contributed by atoms with Gasteiger partial charge in [-0.25, -0.2) is 9.59 Å². The van der Waals surface area contributed by atoms with Gasteiger partial charge in [0.25, 0.3) is 0 Å². The topological polar surface area (TPSA) is 305 Å². The van der Waals surface area contributed by atoms with Crippen molar-refractivity contribution in [1.82, 2.24) is 19.6 Å². The Morgan fingerprint density at radius 1 is 0.422 bits per heavy atom. The van der Waals surface area contributed by atoms with E-state index < -0.39 is 80.8 Å². The third-order valence-electron chi connectivity index (χ3n) is 26.9. The minimum Gasteiger partial charge on any atom is -0.873 e. The van der Waals surface area contributed by atoms with Crippen LogP contribution < -0.4 is 42.1 Å². The van der Waals surface area contributed by atoms with Gasteiger partial charge in [0.05, 0.1) is 96.2 Å². The van der Waals surface area contributed by atoms with Gasteiger partial charge in [0.15, 0.2) is 64.3 Å². The number of likely N-dealkylation sites (tertiary alicyclic amines) is 4. The van der Waals surface area contributed by atoms with Crippen molar-refractivity contribution in [2.24, 2.45) is 0 Å². The van der Waals surface area contributed by atoms with E-state index in [4.69, 9.17) is 51.3 Å². The Morgan fingerprint density at radius 3 is 0.927 bits per heavy atom. The number of benzene rings is 4. The smallest absolute Gasteiger partial charge is 0.513 e. The number of esters is 1. The Bertz CT molecular complexity index is 4410. The molecule has 0 saturated carbocycles. The number of piperidine rings is 4. The van der Waals surface area contributed by atoms with Crippen LogP contribution in [0.4, 0.5) is 9.59 Å². The van der Waals surface area contributed by atoms with E-state index in [1.54, 1.807) is 18.2 Å². The Morgan fingerprint density at radius 2 is 0.670 bits per heavy atom. The van der Waals surface area contributed by atoms with Gasteiger partial charge in [-0.1, -0.05) is 49.9 Å². The van der Waals surface area contributed by atoms with Crippen molar-refractivity contribution in [3.05, 3.63) is 140 Å². The normalized spacial score (nSPS) is 35.2. The number of aliphatic hydroxyl groups is 4. The molecule has 8 heterocycles. The predicted molar refractivity (Wildman–Crippen MR) is 408 cm³/mol. The third kappa shape index (κ3) is 10.7. The molecule has 30 heteroatoms. The molecule has 0 aromatic heterocycles. The van der Waals surface area contributed by atoms with Gasteiger partial charge in [-0.15, -0.1) is 0 Å². The molecule has 4 spiro atoms. The van der Waals surface area contributed by atoms with Crippen molar-refractivity contribution < 1.29 is 105 Å². The maximum Gasteiger partial charge on any atom is 0.513 e. The average Bonchev–Trinajstić information content (AvgIpc) is 1.63. The number of ketones is 1. The van der Waals surface area contributed by atoms with Gasteiger partial charge in [-0.2, -0.15) is 0 Å². The Hall–Kier alpha value is -6.88.